The summed E-state index contributed by atoms with van der Waals surface area (Å²) in [5.74, 6) is -2.96. The number of piperidine rings is 1. The minimum absolute atomic E-state index is 0.137. The van der Waals surface area contributed by atoms with E-state index in [0.717, 1.165) is 25.1 Å². The number of hydrogen-bond acceptors (Lipinski definition) is 6. The van der Waals surface area contributed by atoms with Crippen molar-refractivity contribution in [2.75, 3.05) is 31.6 Å². The van der Waals surface area contributed by atoms with E-state index in [1.807, 2.05) is 30.3 Å². The summed E-state index contributed by atoms with van der Waals surface area (Å²) in [6, 6.07) is 9.33. The van der Waals surface area contributed by atoms with E-state index >= 15 is 0 Å². The van der Waals surface area contributed by atoms with Gasteiger partial charge in [-0.2, -0.15) is 13.2 Å². The zero-order chi connectivity index (χ0) is 21.5. The SMILES string of the molecule is O=C(Nc1ccccc1)C1=NOC2(CCCN(CCO)C2)C1.O=C(O)C(F)(F)F. The van der Waals surface area contributed by atoms with Crippen molar-refractivity contribution in [2.45, 2.75) is 31.0 Å². The third-order valence-corrected chi connectivity index (χ3v) is 4.41. The van der Waals surface area contributed by atoms with Crippen LogP contribution in [-0.4, -0.2) is 70.7 Å². The van der Waals surface area contributed by atoms with Crippen molar-refractivity contribution >= 4 is 23.3 Å². The maximum atomic E-state index is 12.3. The molecule has 8 nitrogen and oxygen atoms in total. The van der Waals surface area contributed by atoms with E-state index < -0.39 is 17.7 Å². The lowest BCUT2D eigenvalue weighted by molar-refractivity contribution is -0.192. The molecule has 3 rings (SSSR count). The lowest BCUT2D eigenvalue weighted by Gasteiger charge is -2.37. The Hall–Kier alpha value is -2.66. The smallest absolute Gasteiger partial charge is 0.475 e. The molecule has 29 heavy (non-hydrogen) atoms. The van der Waals surface area contributed by atoms with Gasteiger partial charge in [0.1, 0.15) is 5.71 Å². The second kappa shape index (κ2) is 9.70. The Bertz CT molecular complexity index is 740. The zero-order valence-corrected chi connectivity index (χ0v) is 15.5. The molecule has 0 bridgehead atoms. The number of nitrogens with zero attached hydrogens (tertiary/aromatic N) is 2. The molecule has 1 fully saturated rings. The quantitative estimate of drug-likeness (QED) is 0.690. The van der Waals surface area contributed by atoms with Gasteiger partial charge in [-0.25, -0.2) is 4.79 Å². The Morgan fingerprint density at radius 1 is 1.28 bits per heavy atom. The van der Waals surface area contributed by atoms with Gasteiger partial charge in [0.2, 0.25) is 0 Å². The molecule has 1 aromatic carbocycles. The number of carboxylic acids is 1. The summed E-state index contributed by atoms with van der Waals surface area (Å²) in [6.45, 7) is 2.44. The van der Waals surface area contributed by atoms with Gasteiger partial charge in [0.25, 0.3) is 5.91 Å². The summed E-state index contributed by atoms with van der Waals surface area (Å²) in [5, 5.41) is 23.1. The highest BCUT2D eigenvalue weighted by Crippen LogP contribution is 2.33. The van der Waals surface area contributed by atoms with Crippen LogP contribution in [0.2, 0.25) is 0 Å². The van der Waals surface area contributed by atoms with Crippen molar-refractivity contribution in [1.29, 1.82) is 0 Å². The number of rotatable bonds is 4. The minimum atomic E-state index is -5.08. The maximum Gasteiger partial charge on any atom is 0.490 e. The number of anilines is 1. The van der Waals surface area contributed by atoms with E-state index in [2.05, 4.69) is 15.4 Å². The fourth-order valence-electron chi connectivity index (χ4n) is 3.11. The monoisotopic (exact) mass is 417 g/mol. The first kappa shape index (κ1) is 22.6. The predicted molar refractivity (Wildman–Crippen MR) is 97.4 cm³/mol. The van der Waals surface area contributed by atoms with Crippen LogP contribution in [0.3, 0.4) is 0 Å². The molecule has 3 N–H and O–H groups in total. The fourth-order valence-corrected chi connectivity index (χ4v) is 3.11. The van der Waals surface area contributed by atoms with Gasteiger partial charge in [-0.15, -0.1) is 0 Å². The number of carboxylic acid groups (broad SMARTS) is 1. The van der Waals surface area contributed by atoms with Gasteiger partial charge < -0.3 is 20.4 Å². The highest BCUT2D eigenvalue weighted by molar-refractivity contribution is 6.43. The van der Waals surface area contributed by atoms with Crippen LogP contribution in [0, 0.1) is 0 Å². The molecule has 2 heterocycles. The summed E-state index contributed by atoms with van der Waals surface area (Å²) >= 11 is 0. The molecule has 1 atom stereocenters. The number of hydrogen-bond donors (Lipinski definition) is 3. The number of likely N-dealkylation sites (tertiary alicyclic amines) is 1. The molecular weight excluding hydrogens is 395 g/mol. The second-order valence-corrected chi connectivity index (χ2v) is 6.72. The average Bonchev–Trinajstić information content (AvgIpc) is 3.06. The molecule has 1 unspecified atom stereocenters. The number of halogens is 3. The first-order chi connectivity index (χ1) is 13.6. The maximum absolute atomic E-state index is 12.3. The van der Waals surface area contributed by atoms with Gasteiger partial charge in [-0.05, 0) is 31.5 Å². The van der Waals surface area contributed by atoms with Crippen LogP contribution >= 0.6 is 0 Å². The molecule has 1 saturated heterocycles. The largest absolute Gasteiger partial charge is 0.490 e. The normalized spacial score (nSPS) is 21.6. The topological polar surface area (TPSA) is 111 Å². The van der Waals surface area contributed by atoms with Crippen LogP contribution in [0.5, 0.6) is 0 Å². The first-order valence-electron chi connectivity index (χ1n) is 8.90. The molecule has 2 aliphatic heterocycles. The summed E-state index contributed by atoms with van der Waals surface area (Å²) in [7, 11) is 0. The van der Waals surface area contributed by atoms with Crippen molar-refractivity contribution in [3.05, 3.63) is 30.3 Å². The number of carbonyl (C=O) groups excluding carboxylic acids is 1. The molecule has 1 aromatic rings. The lowest BCUT2D eigenvalue weighted by Crippen LogP contribution is -2.49. The molecular formula is C18H22F3N3O5. The highest BCUT2D eigenvalue weighted by Gasteiger charge is 2.44. The molecule has 2 aliphatic rings. The molecule has 1 amide bonds. The highest BCUT2D eigenvalue weighted by atomic mass is 19.4. The average molecular weight is 417 g/mol. The molecule has 0 radical (unpaired) electrons. The van der Waals surface area contributed by atoms with Crippen LogP contribution in [-0.2, 0) is 14.4 Å². The van der Waals surface area contributed by atoms with Crippen molar-refractivity contribution < 1.29 is 37.8 Å². The number of β-amino-alcohol motifs (C(OH)–C–C–N with tert-alkyl or cyclic N) is 1. The number of aliphatic hydroxyl groups excluding tert-OH is 1. The van der Waals surface area contributed by atoms with Crippen LogP contribution in [0.25, 0.3) is 0 Å². The third kappa shape index (κ3) is 6.71. The third-order valence-electron chi connectivity index (χ3n) is 4.41. The van der Waals surface area contributed by atoms with Gasteiger partial charge in [0, 0.05) is 25.2 Å². The van der Waals surface area contributed by atoms with Crippen molar-refractivity contribution in [1.82, 2.24) is 4.90 Å². The number of aliphatic carboxylic acids is 1. The zero-order valence-electron chi connectivity index (χ0n) is 15.5. The number of aliphatic hydroxyl groups is 1. The van der Waals surface area contributed by atoms with Crippen LogP contribution < -0.4 is 5.32 Å². The number of para-hydroxylation sites is 1. The van der Waals surface area contributed by atoms with E-state index in [9.17, 15) is 18.0 Å². The van der Waals surface area contributed by atoms with Crippen LogP contribution in [0.4, 0.5) is 18.9 Å². The first-order valence-corrected chi connectivity index (χ1v) is 8.90. The minimum Gasteiger partial charge on any atom is -0.475 e. The van der Waals surface area contributed by atoms with E-state index in [4.69, 9.17) is 19.8 Å². The molecule has 11 heteroatoms. The van der Waals surface area contributed by atoms with Crippen molar-refractivity contribution in [2.24, 2.45) is 5.16 Å². The van der Waals surface area contributed by atoms with E-state index in [1.54, 1.807) is 0 Å². The van der Waals surface area contributed by atoms with Gasteiger partial charge in [0.15, 0.2) is 5.60 Å². The summed E-state index contributed by atoms with van der Waals surface area (Å²) < 4.78 is 31.7. The van der Waals surface area contributed by atoms with Crippen LogP contribution in [0.1, 0.15) is 19.3 Å². The van der Waals surface area contributed by atoms with E-state index in [0.29, 0.717) is 25.2 Å². The molecule has 0 aliphatic carbocycles. The van der Waals surface area contributed by atoms with Crippen molar-refractivity contribution in [3.63, 3.8) is 0 Å². The Labute approximate surface area is 164 Å². The predicted octanol–water partition coefficient (Wildman–Crippen LogP) is 1.86. The Balaban J connectivity index is 0.000000370. The van der Waals surface area contributed by atoms with Crippen molar-refractivity contribution in [3.8, 4) is 0 Å². The van der Waals surface area contributed by atoms with E-state index in [1.165, 1.54) is 0 Å². The lowest BCUT2D eigenvalue weighted by atomic mass is 9.88. The number of oxime groups is 1. The van der Waals surface area contributed by atoms with Gasteiger partial charge in [0.05, 0.1) is 6.61 Å². The molecule has 0 aromatic heterocycles. The standard InChI is InChI=1S/C16H21N3O3.C2HF3O2/c20-10-9-19-8-4-7-16(12-19)11-14(18-22-16)15(21)17-13-5-2-1-3-6-13;3-2(4,5)1(6)7/h1-3,5-6,20H,4,7-12H2,(H,17,21);(H,6,7). The number of nitrogens with one attached hydrogen (secondary N) is 1. The number of benzene rings is 1. The molecule has 160 valence electrons. The Morgan fingerprint density at radius 2 is 1.93 bits per heavy atom. The summed E-state index contributed by atoms with van der Waals surface area (Å²) in [4.78, 5) is 29.0. The number of carbonyl (C=O) groups is 2. The molecule has 0 saturated carbocycles. The van der Waals surface area contributed by atoms with Gasteiger partial charge in [-0.1, -0.05) is 23.4 Å². The number of alkyl halides is 3. The van der Waals surface area contributed by atoms with Crippen LogP contribution in [0.15, 0.2) is 35.5 Å². The number of amides is 1. The Kier molecular flexibility index (Phi) is 7.57. The van der Waals surface area contributed by atoms with Gasteiger partial charge >= 0.3 is 12.1 Å². The molecule has 1 spiro atoms. The fraction of sp³-hybridized carbons (Fsp3) is 0.500. The summed E-state index contributed by atoms with van der Waals surface area (Å²) in [5.41, 5.74) is 0.785. The van der Waals surface area contributed by atoms with Gasteiger partial charge in [-0.3, -0.25) is 9.69 Å². The summed E-state index contributed by atoms with van der Waals surface area (Å²) in [6.07, 6.45) is -2.68. The van der Waals surface area contributed by atoms with E-state index in [-0.39, 0.29) is 12.5 Å². The Morgan fingerprint density at radius 3 is 2.52 bits per heavy atom. The second-order valence-electron chi connectivity index (χ2n) is 6.72.